The molecule has 0 amide bonds. The van der Waals surface area contributed by atoms with Crippen LogP contribution in [0.1, 0.15) is 5.56 Å². The van der Waals surface area contributed by atoms with Gasteiger partial charge in [-0.2, -0.15) is 0 Å². The Labute approximate surface area is 105 Å². The first kappa shape index (κ1) is 11.4. The molecule has 2 heterocycles. The second kappa shape index (κ2) is 4.20. The SMILES string of the molecule is O=c1[nH]c(=O)c2ncn(Cc3ccccc3F)c2[nH]1. The topological polar surface area (TPSA) is 83.5 Å². The van der Waals surface area contributed by atoms with E-state index in [1.165, 1.54) is 17.0 Å². The second-order valence-electron chi connectivity index (χ2n) is 4.07. The molecule has 0 radical (unpaired) electrons. The highest BCUT2D eigenvalue weighted by Crippen LogP contribution is 2.11. The predicted molar refractivity (Wildman–Crippen MR) is 66.5 cm³/mol. The van der Waals surface area contributed by atoms with Crippen molar-refractivity contribution in [2.75, 3.05) is 0 Å². The Balaban J connectivity index is 2.15. The van der Waals surface area contributed by atoms with Crippen LogP contribution in [0.3, 0.4) is 0 Å². The molecule has 2 aromatic heterocycles. The minimum absolute atomic E-state index is 0.121. The molecule has 7 heteroatoms. The molecule has 0 unspecified atom stereocenters. The number of hydrogen-bond donors (Lipinski definition) is 2. The maximum absolute atomic E-state index is 13.6. The molecule has 2 N–H and O–H groups in total. The van der Waals surface area contributed by atoms with Crippen LogP contribution in [0.25, 0.3) is 11.2 Å². The first-order valence-electron chi connectivity index (χ1n) is 5.56. The standard InChI is InChI=1S/C12H9FN4O2/c13-8-4-2-1-3-7(8)5-17-6-14-9-10(17)15-12(19)16-11(9)18/h1-4,6H,5H2,(H2,15,16,18,19). The molecular weight excluding hydrogens is 251 g/mol. The van der Waals surface area contributed by atoms with E-state index in [1.807, 2.05) is 0 Å². The molecule has 0 saturated heterocycles. The Morgan fingerprint density at radius 1 is 1.21 bits per heavy atom. The molecule has 3 aromatic rings. The van der Waals surface area contributed by atoms with Gasteiger partial charge in [-0.25, -0.2) is 14.2 Å². The van der Waals surface area contributed by atoms with Crippen molar-refractivity contribution >= 4 is 11.2 Å². The van der Waals surface area contributed by atoms with Gasteiger partial charge in [0.1, 0.15) is 11.5 Å². The summed E-state index contributed by atoms with van der Waals surface area (Å²) < 4.78 is 15.1. The summed E-state index contributed by atoms with van der Waals surface area (Å²) in [5.41, 5.74) is -0.338. The molecule has 96 valence electrons. The molecule has 1 aromatic carbocycles. The van der Waals surface area contributed by atoms with E-state index in [0.29, 0.717) is 5.56 Å². The molecule has 0 spiro atoms. The molecule has 0 atom stereocenters. The molecule has 0 saturated carbocycles. The Morgan fingerprint density at radius 2 is 2.00 bits per heavy atom. The summed E-state index contributed by atoms with van der Waals surface area (Å²) in [5, 5.41) is 0. The smallest absolute Gasteiger partial charge is 0.312 e. The highest BCUT2D eigenvalue weighted by atomic mass is 19.1. The van der Waals surface area contributed by atoms with Crippen molar-refractivity contribution in [2.45, 2.75) is 6.54 Å². The number of fused-ring (bicyclic) bond motifs is 1. The summed E-state index contributed by atoms with van der Waals surface area (Å²) in [6.45, 7) is 0.183. The van der Waals surface area contributed by atoms with E-state index in [4.69, 9.17) is 0 Å². The Kier molecular flexibility index (Phi) is 2.52. The summed E-state index contributed by atoms with van der Waals surface area (Å²) >= 11 is 0. The number of H-pyrrole nitrogens is 2. The Hall–Kier alpha value is -2.70. The molecule has 6 nitrogen and oxygen atoms in total. The van der Waals surface area contributed by atoms with Crippen molar-refractivity contribution in [1.29, 1.82) is 0 Å². The summed E-state index contributed by atoms with van der Waals surface area (Å²) in [6.07, 6.45) is 1.39. The normalized spacial score (nSPS) is 11.0. The molecule has 0 aliphatic rings. The van der Waals surface area contributed by atoms with Crippen LogP contribution in [0.5, 0.6) is 0 Å². The lowest BCUT2D eigenvalue weighted by Gasteiger charge is -2.04. The average molecular weight is 260 g/mol. The van der Waals surface area contributed by atoms with E-state index in [2.05, 4.69) is 15.0 Å². The number of aromatic amines is 2. The maximum Gasteiger partial charge on any atom is 0.327 e. The number of aromatic nitrogens is 4. The van der Waals surface area contributed by atoms with Crippen LogP contribution >= 0.6 is 0 Å². The van der Waals surface area contributed by atoms with Gasteiger partial charge in [0.25, 0.3) is 5.56 Å². The van der Waals surface area contributed by atoms with Crippen LogP contribution in [0.2, 0.25) is 0 Å². The first-order valence-corrected chi connectivity index (χ1v) is 5.56. The molecular formula is C12H9FN4O2. The van der Waals surface area contributed by atoms with Crippen LogP contribution in [0, 0.1) is 5.82 Å². The third-order valence-electron chi connectivity index (χ3n) is 2.81. The number of rotatable bonds is 2. The lowest BCUT2D eigenvalue weighted by atomic mass is 10.2. The zero-order valence-electron chi connectivity index (χ0n) is 9.68. The van der Waals surface area contributed by atoms with E-state index in [0.717, 1.165) is 0 Å². The van der Waals surface area contributed by atoms with Crippen LogP contribution in [0.15, 0.2) is 40.2 Å². The van der Waals surface area contributed by atoms with Gasteiger partial charge in [-0.15, -0.1) is 0 Å². The van der Waals surface area contributed by atoms with Crippen molar-refractivity contribution < 1.29 is 4.39 Å². The predicted octanol–water partition coefficient (Wildman–Crippen LogP) is 0.600. The number of benzene rings is 1. The van der Waals surface area contributed by atoms with Crippen molar-refractivity contribution in [3.63, 3.8) is 0 Å². The van der Waals surface area contributed by atoms with Crippen LogP contribution < -0.4 is 11.2 Å². The number of halogens is 1. The van der Waals surface area contributed by atoms with Crippen LogP contribution in [0.4, 0.5) is 4.39 Å². The third-order valence-corrected chi connectivity index (χ3v) is 2.81. The number of hydrogen-bond acceptors (Lipinski definition) is 3. The second-order valence-corrected chi connectivity index (χ2v) is 4.07. The van der Waals surface area contributed by atoms with Gasteiger partial charge in [0, 0.05) is 5.56 Å². The fourth-order valence-corrected chi connectivity index (χ4v) is 1.91. The number of nitrogens with zero attached hydrogens (tertiary/aromatic N) is 2. The van der Waals surface area contributed by atoms with Gasteiger partial charge >= 0.3 is 5.69 Å². The quantitative estimate of drug-likeness (QED) is 0.707. The van der Waals surface area contributed by atoms with E-state index in [-0.39, 0.29) is 23.5 Å². The zero-order chi connectivity index (χ0) is 13.4. The zero-order valence-corrected chi connectivity index (χ0v) is 9.68. The van der Waals surface area contributed by atoms with Crippen molar-refractivity contribution in [3.05, 3.63) is 62.8 Å². The van der Waals surface area contributed by atoms with E-state index in [9.17, 15) is 14.0 Å². The van der Waals surface area contributed by atoms with Gasteiger partial charge in [0.15, 0.2) is 5.52 Å². The van der Waals surface area contributed by atoms with Gasteiger partial charge < -0.3 is 4.57 Å². The van der Waals surface area contributed by atoms with Gasteiger partial charge in [0.2, 0.25) is 0 Å². The molecule has 3 rings (SSSR count). The highest BCUT2D eigenvalue weighted by molar-refractivity contribution is 5.68. The van der Waals surface area contributed by atoms with Gasteiger partial charge in [-0.3, -0.25) is 14.8 Å². The molecule has 19 heavy (non-hydrogen) atoms. The van der Waals surface area contributed by atoms with E-state index in [1.54, 1.807) is 18.2 Å². The van der Waals surface area contributed by atoms with Crippen molar-refractivity contribution in [1.82, 2.24) is 19.5 Å². The van der Waals surface area contributed by atoms with E-state index < -0.39 is 11.2 Å². The van der Waals surface area contributed by atoms with Gasteiger partial charge in [0.05, 0.1) is 12.9 Å². The lowest BCUT2D eigenvalue weighted by Crippen LogP contribution is -2.22. The number of imidazole rings is 1. The summed E-state index contributed by atoms with van der Waals surface area (Å²) in [6, 6.07) is 6.29. The maximum atomic E-state index is 13.6. The van der Waals surface area contributed by atoms with Gasteiger partial charge in [-0.1, -0.05) is 18.2 Å². The minimum atomic E-state index is -0.618. The molecule has 0 aliphatic heterocycles. The fraction of sp³-hybridized carbons (Fsp3) is 0.0833. The fourth-order valence-electron chi connectivity index (χ4n) is 1.91. The number of nitrogens with one attached hydrogen (secondary N) is 2. The largest absolute Gasteiger partial charge is 0.327 e. The molecule has 0 bridgehead atoms. The lowest BCUT2D eigenvalue weighted by molar-refractivity contribution is 0.601. The third kappa shape index (κ3) is 1.95. The van der Waals surface area contributed by atoms with Crippen molar-refractivity contribution in [2.24, 2.45) is 0 Å². The van der Waals surface area contributed by atoms with Crippen molar-refractivity contribution in [3.8, 4) is 0 Å². The van der Waals surface area contributed by atoms with Crippen LogP contribution in [-0.4, -0.2) is 19.5 Å². The molecule has 0 fully saturated rings. The van der Waals surface area contributed by atoms with E-state index >= 15 is 0 Å². The minimum Gasteiger partial charge on any atom is -0.312 e. The van der Waals surface area contributed by atoms with Gasteiger partial charge in [-0.05, 0) is 6.07 Å². The highest BCUT2D eigenvalue weighted by Gasteiger charge is 2.09. The summed E-state index contributed by atoms with van der Waals surface area (Å²) in [5.74, 6) is -0.350. The van der Waals surface area contributed by atoms with Crippen LogP contribution in [-0.2, 0) is 6.54 Å². The summed E-state index contributed by atoms with van der Waals surface area (Å²) in [4.78, 5) is 31.2. The Bertz CT molecular complexity index is 862. The summed E-state index contributed by atoms with van der Waals surface area (Å²) in [7, 11) is 0. The monoisotopic (exact) mass is 260 g/mol. The Morgan fingerprint density at radius 3 is 2.79 bits per heavy atom. The first-order chi connectivity index (χ1) is 9.15. The molecule has 0 aliphatic carbocycles. The average Bonchev–Trinajstić information content (AvgIpc) is 2.76.